The quantitative estimate of drug-likeness (QED) is 0.321. The molecule has 35 heavy (non-hydrogen) atoms. The van der Waals surface area contributed by atoms with Crippen LogP contribution in [0.2, 0.25) is 5.02 Å². The van der Waals surface area contributed by atoms with Crippen LogP contribution in [-0.4, -0.2) is 42.3 Å². The van der Waals surface area contributed by atoms with Gasteiger partial charge in [-0.15, -0.1) is 0 Å². The fraction of sp³-hybridized carbons (Fsp3) is 0.154. The number of hydrazone groups is 1. The van der Waals surface area contributed by atoms with Crippen molar-refractivity contribution in [3.8, 4) is 0 Å². The minimum absolute atomic E-state index is 0.148. The van der Waals surface area contributed by atoms with Crippen molar-refractivity contribution < 1.29 is 19.1 Å². The molecule has 1 aliphatic rings. The molecule has 178 valence electrons. The Hall–Kier alpha value is -3.49. The highest BCUT2D eigenvalue weighted by atomic mass is 79.9. The second kappa shape index (κ2) is 10.0. The smallest absolute Gasteiger partial charge is 0.397 e. The van der Waals surface area contributed by atoms with Gasteiger partial charge < -0.3 is 4.74 Å². The highest BCUT2D eigenvalue weighted by Gasteiger charge is 2.45. The summed E-state index contributed by atoms with van der Waals surface area (Å²) in [5, 5.41) is 6.43. The van der Waals surface area contributed by atoms with Gasteiger partial charge in [-0.05, 0) is 54.4 Å². The zero-order chi connectivity index (χ0) is 25.2. The highest BCUT2D eigenvalue weighted by molar-refractivity contribution is 9.10. The first-order chi connectivity index (χ1) is 16.7. The molecule has 1 unspecified atom stereocenters. The largest absolute Gasteiger partial charge is 0.462 e. The number of hydrogen-bond acceptors (Lipinski definition) is 5. The molecule has 9 heteroatoms. The highest BCUT2D eigenvalue weighted by Crippen LogP contribution is 2.36. The number of urea groups is 1. The number of hydrogen-bond donors (Lipinski definition) is 0. The van der Waals surface area contributed by atoms with Gasteiger partial charge in [-0.25, -0.2) is 19.5 Å². The third kappa shape index (κ3) is 4.85. The van der Waals surface area contributed by atoms with E-state index in [2.05, 4.69) is 25.8 Å². The van der Waals surface area contributed by atoms with Gasteiger partial charge in [0.25, 0.3) is 0 Å². The molecule has 0 bridgehead atoms. The number of imide groups is 1. The van der Waals surface area contributed by atoms with Crippen LogP contribution in [-0.2, 0) is 19.7 Å². The topological polar surface area (TPSA) is 79.3 Å². The molecule has 1 atom stereocenters. The van der Waals surface area contributed by atoms with Crippen LogP contribution in [0.1, 0.15) is 18.1 Å². The van der Waals surface area contributed by atoms with Gasteiger partial charge in [-0.3, -0.25) is 4.79 Å². The van der Waals surface area contributed by atoms with Crippen LogP contribution in [0.4, 0.5) is 10.5 Å². The van der Waals surface area contributed by atoms with Crippen molar-refractivity contribution in [2.75, 3.05) is 18.6 Å². The monoisotopic (exact) mass is 553 g/mol. The van der Waals surface area contributed by atoms with Crippen molar-refractivity contribution in [1.82, 2.24) is 5.01 Å². The molecule has 1 aliphatic heterocycles. The Bertz CT molecular complexity index is 1300. The lowest BCUT2D eigenvalue weighted by Gasteiger charge is -2.28. The fourth-order valence-corrected chi connectivity index (χ4v) is 4.36. The molecule has 4 rings (SSSR count). The second-order valence-corrected chi connectivity index (χ2v) is 9.45. The van der Waals surface area contributed by atoms with Crippen LogP contribution in [0.25, 0.3) is 0 Å². The van der Waals surface area contributed by atoms with Gasteiger partial charge in [0.15, 0.2) is 0 Å². The van der Waals surface area contributed by atoms with E-state index in [1.54, 1.807) is 36.4 Å². The Morgan fingerprint density at radius 2 is 1.63 bits per heavy atom. The average Bonchev–Trinajstić information content (AvgIpc) is 3.24. The van der Waals surface area contributed by atoms with E-state index in [9.17, 15) is 14.4 Å². The van der Waals surface area contributed by atoms with E-state index in [1.807, 2.05) is 49.4 Å². The van der Waals surface area contributed by atoms with Crippen molar-refractivity contribution in [1.29, 1.82) is 0 Å². The summed E-state index contributed by atoms with van der Waals surface area (Å²) in [4.78, 5) is 39.5. The number of rotatable bonds is 3. The number of carbonyl (C=O) groups excluding carboxylic acids is 3. The third-order valence-corrected chi connectivity index (χ3v) is 6.58. The molecular formula is C26H21BrClN3O4. The number of ether oxygens (including phenoxy) is 1. The van der Waals surface area contributed by atoms with Gasteiger partial charge in [-0.2, -0.15) is 5.10 Å². The van der Waals surface area contributed by atoms with Gasteiger partial charge in [0.2, 0.25) is 0 Å². The number of carbonyl (C=O) groups is 3. The van der Waals surface area contributed by atoms with Gasteiger partial charge in [-0.1, -0.05) is 70.0 Å². The molecule has 3 amide bonds. The first kappa shape index (κ1) is 24.6. The number of esters is 1. The molecule has 3 aromatic carbocycles. The lowest BCUT2D eigenvalue weighted by molar-refractivity contribution is -0.151. The summed E-state index contributed by atoms with van der Waals surface area (Å²) in [5.74, 6) is -2.27. The molecule has 0 aliphatic carbocycles. The molecule has 3 aromatic rings. The van der Waals surface area contributed by atoms with Crippen molar-refractivity contribution in [3.05, 3.63) is 99.5 Å². The molecule has 0 saturated carbocycles. The minimum Gasteiger partial charge on any atom is -0.462 e. The van der Waals surface area contributed by atoms with Crippen molar-refractivity contribution in [3.63, 3.8) is 0 Å². The summed E-state index contributed by atoms with van der Waals surface area (Å²) in [5.41, 5.74) is 1.88. The van der Waals surface area contributed by atoms with E-state index in [-0.39, 0.29) is 12.2 Å². The van der Waals surface area contributed by atoms with Crippen molar-refractivity contribution in [2.24, 2.45) is 5.10 Å². The van der Waals surface area contributed by atoms with E-state index in [0.717, 1.165) is 27.6 Å². The van der Waals surface area contributed by atoms with Crippen molar-refractivity contribution in [2.45, 2.75) is 12.3 Å². The van der Waals surface area contributed by atoms with E-state index in [4.69, 9.17) is 11.6 Å². The molecule has 0 saturated heterocycles. The molecular weight excluding hydrogens is 534 g/mol. The van der Waals surface area contributed by atoms with Crippen LogP contribution >= 0.6 is 27.5 Å². The summed E-state index contributed by atoms with van der Waals surface area (Å²) in [6, 6.07) is 22.5. The Balaban J connectivity index is 1.80. The molecule has 0 radical (unpaired) electrons. The number of amides is 3. The fourth-order valence-electron chi connectivity index (χ4n) is 3.97. The van der Waals surface area contributed by atoms with Gasteiger partial charge >= 0.3 is 17.9 Å². The van der Waals surface area contributed by atoms with Crippen LogP contribution in [0.15, 0.2) is 88.4 Å². The van der Waals surface area contributed by atoms with E-state index in [1.165, 1.54) is 5.01 Å². The lowest BCUT2D eigenvalue weighted by atomic mass is 9.76. The number of nitrogens with zero attached hydrogens (tertiary/aromatic N) is 3. The first-order valence-corrected chi connectivity index (χ1v) is 11.8. The maximum atomic E-state index is 13.7. The Morgan fingerprint density at radius 3 is 2.23 bits per heavy atom. The predicted molar refractivity (Wildman–Crippen MR) is 138 cm³/mol. The summed E-state index contributed by atoms with van der Waals surface area (Å²) in [7, 11) is 1.09. The summed E-state index contributed by atoms with van der Waals surface area (Å²) in [6.45, 7) is 2.13. The maximum Gasteiger partial charge on any atom is 0.397 e. The zero-order valence-electron chi connectivity index (χ0n) is 18.9. The molecule has 7 nitrogen and oxygen atoms in total. The minimum atomic E-state index is -1.16. The number of methoxy groups -OCH3 is 1. The molecule has 1 heterocycles. The molecule has 0 N–H and O–H groups in total. The summed E-state index contributed by atoms with van der Waals surface area (Å²) >= 11 is 9.42. The van der Waals surface area contributed by atoms with E-state index in [0.29, 0.717) is 10.7 Å². The predicted octanol–water partition coefficient (Wildman–Crippen LogP) is 5.41. The Kier molecular flexibility index (Phi) is 7.05. The number of anilines is 1. The lowest BCUT2D eigenvalue weighted by Crippen LogP contribution is -2.48. The number of halogens is 2. The normalized spacial score (nSPS) is 17.0. The van der Waals surface area contributed by atoms with Crippen LogP contribution in [0.3, 0.4) is 0 Å². The van der Waals surface area contributed by atoms with E-state index < -0.39 is 23.3 Å². The van der Waals surface area contributed by atoms with Gasteiger partial charge in [0, 0.05) is 9.50 Å². The summed E-state index contributed by atoms with van der Waals surface area (Å²) in [6.07, 6.45) is 0. The van der Waals surface area contributed by atoms with E-state index >= 15 is 0 Å². The third-order valence-electron chi connectivity index (χ3n) is 5.80. The first-order valence-electron chi connectivity index (χ1n) is 10.6. The SMILES string of the molecule is COC(=O)C(=O)N(C(=O)N1CC(C)(c2ccccc2)C(c2ccc(Cl)cc2)=N1)c1ccc(Br)cc1. The Morgan fingerprint density at radius 1 is 1.00 bits per heavy atom. The molecule has 0 spiro atoms. The van der Waals surface area contributed by atoms with Crippen LogP contribution < -0.4 is 4.90 Å². The molecule has 0 fully saturated rings. The maximum absolute atomic E-state index is 13.7. The molecule has 0 aromatic heterocycles. The standard InChI is InChI=1S/C26H21BrClN3O4/c1-26(18-6-4-3-5-7-18)16-30(29-22(26)17-8-12-20(28)13-9-17)25(34)31(23(32)24(33)35-2)21-14-10-19(27)11-15-21/h3-15H,16H2,1-2H3. The van der Waals surface area contributed by atoms with Gasteiger partial charge in [0.1, 0.15) is 0 Å². The van der Waals surface area contributed by atoms with Crippen LogP contribution in [0.5, 0.6) is 0 Å². The second-order valence-electron chi connectivity index (χ2n) is 8.10. The number of benzene rings is 3. The zero-order valence-corrected chi connectivity index (χ0v) is 21.3. The summed E-state index contributed by atoms with van der Waals surface area (Å²) < 4.78 is 5.35. The Labute approximate surface area is 216 Å². The van der Waals surface area contributed by atoms with Crippen LogP contribution in [0, 0.1) is 0 Å². The average molecular weight is 555 g/mol. The van der Waals surface area contributed by atoms with Gasteiger partial charge in [0.05, 0.1) is 30.5 Å². The van der Waals surface area contributed by atoms with Crippen molar-refractivity contribution >= 4 is 56.8 Å².